The number of hydrogen-bond donors (Lipinski definition) is 1. The number of piperidine rings is 1. The van der Waals surface area contributed by atoms with Gasteiger partial charge in [-0.05, 0) is 52.7 Å². The number of hydrogen-bond acceptors (Lipinski definition) is 8. The Hall–Kier alpha value is -3.56. The van der Waals surface area contributed by atoms with E-state index in [9.17, 15) is 9.59 Å². The van der Waals surface area contributed by atoms with E-state index in [1.54, 1.807) is 11.8 Å². The van der Waals surface area contributed by atoms with Crippen LogP contribution >= 0.6 is 0 Å². The molecule has 0 aliphatic carbocycles. The van der Waals surface area contributed by atoms with Crippen molar-refractivity contribution in [2.75, 3.05) is 25.0 Å². The highest BCUT2D eigenvalue weighted by Gasteiger charge is 2.28. The molecule has 0 saturated carbocycles. The molecule has 0 atom stereocenters. The fourth-order valence-corrected chi connectivity index (χ4v) is 3.88. The van der Waals surface area contributed by atoms with Gasteiger partial charge in [0.25, 0.3) is 0 Å². The maximum absolute atomic E-state index is 12.4. The second kappa shape index (κ2) is 9.74. The first-order valence-electron chi connectivity index (χ1n) is 11.5. The molecule has 1 fully saturated rings. The molecule has 1 saturated heterocycles. The van der Waals surface area contributed by atoms with Crippen LogP contribution in [0.25, 0.3) is 11.0 Å². The molecule has 1 aliphatic rings. The first kappa shape index (κ1) is 23.6. The molecule has 0 radical (unpaired) electrons. The molecule has 1 N–H and O–H groups in total. The molecule has 1 aliphatic heterocycles. The SMILES string of the molecule is CCOC(=O)c1ncc(Cn2c(NC3CCN(C(=O)OC(C)(C)C)CC3)nc3ccccc32)o1. The molecule has 4 rings (SSSR count). The number of oxazole rings is 1. The van der Waals surface area contributed by atoms with Gasteiger partial charge < -0.3 is 28.7 Å². The predicted octanol–water partition coefficient (Wildman–Crippen LogP) is 4.06. The van der Waals surface area contributed by atoms with E-state index in [4.69, 9.17) is 18.9 Å². The van der Waals surface area contributed by atoms with Crippen molar-refractivity contribution >= 4 is 29.0 Å². The average Bonchev–Trinajstić information content (AvgIpc) is 3.39. The molecule has 1 aromatic carbocycles. The summed E-state index contributed by atoms with van der Waals surface area (Å²) in [7, 11) is 0. The van der Waals surface area contributed by atoms with Gasteiger partial charge >= 0.3 is 18.0 Å². The van der Waals surface area contributed by atoms with Crippen molar-refractivity contribution in [2.24, 2.45) is 0 Å². The van der Waals surface area contributed by atoms with Crippen LogP contribution in [0.4, 0.5) is 10.7 Å². The maximum atomic E-state index is 12.4. The van der Waals surface area contributed by atoms with Crippen LogP contribution in [0, 0.1) is 0 Å². The van der Waals surface area contributed by atoms with Gasteiger partial charge in [-0.2, -0.15) is 0 Å². The Labute approximate surface area is 198 Å². The Bertz CT molecular complexity index is 1150. The van der Waals surface area contributed by atoms with Crippen molar-refractivity contribution < 1.29 is 23.5 Å². The van der Waals surface area contributed by atoms with Crippen molar-refractivity contribution in [3.8, 4) is 0 Å². The Morgan fingerprint density at radius 2 is 1.94 bits per heavy atom. The van der Waals surface area contributed by atoms with Crippen LogP contribution in [-0.4, -0.2) is 62.8 Å². The lowest BCUT2D eigenvalue weighted by Crippen LogP contribution is -2.44. The number of carbonyl (C=O) groups is 2. The zero-order valence-corrected chi connectivity index (χ0v) is 20.0. The number of nitrogens with zero attached hydrogens (tertiary/aromatic N) is 4. The average molecular weight is 470 g/mol. The zero-order chi connectivity index (χ0) is 24.3. The zero-order valence-electron chi connectivity index (χ0n) is 20.0. The van der Waals surface area contributed by atoms with E-state index < -0.39 is 11.6 Å². The smallest absolute Gasteiger partial charge is 0.410 e. The number of aromatic nitrogens is 3. The Morgan fingerprint density at radius 1 is 1.21 bits per heavy atom. The molecule has 0 unspecified atom stereocenters. The highest BCUT2D eigenvalue weighted by molar-refractivity contribution is 5.84. The third-order valence-electron chi connectivity index (χ3n) is 5.45. The first-order chi connectivity index (χ1) is 16.2. The van der Waals surface area contributed by atoms with Gasteiger partial charge in [-0.3, -0.25) is 0 Å². The van der Waals surface area contributed by atoms with E-state index >= 15 is 0 Å². The molecule has 10 heteroatoms. The van der Waals surface area contributed by atoms with E-state index in [0.717, 1.165) is 23.9 Å². The van der Waals surface area contributed by atoms with Crippen molar-refractivity contribution in [3.63, 3.8) is 0 Å². The van der Waals surface area contributed by atoms with Gasteiger partial charge in [0.2, 0.25) is 5.95 Å². The number of likely N-dealkylation sites (tertiary alicyclic amines) is 1. The van der Waals surface area contributed by atoms with Gasteiger partial charge in [0, 0.05) is 19.1 Å². The molecule has 2 aromatic heterocycles. The van der Waals surface area contributed by atoms with E-state index in [0.29, 0.717) is 31.3 Å². The van der Waals surface area contributed by atoms with E-state index in [2.05, 4.69) is 10.3 Å². The van der Waals surface area contributed by atoms with Crippen molar-refractivity contribution in [3.05, 3.63) is 42.1 Å². The van der Waals surface area contributed by atoms with Gasteiger partial charge in [-0.1, -0.05) is 12.1 Å². The van der Waals surface area contributed by atoms with Crippen LogP contribution in [-0.2, 0) is 16.0 Å². The summed E-state index contributed by atoms with van der Waals surface area (Å²) in [5.41, 5.74) is 1.27. The summed E-state index contributed by atoms with van der Waals surface area (Å²) in [5, 5.41) is 3.54. The number of imidazole rings is 1. The highest BCUT2D eigenvalue weighted by atomic mass is 16.6. The lowest BCUT2D eigenvalue weighted by atomic mass is 10.1. The number of fused-ring (bicyclic) bond motifs is 1. The highest BCUT2D eigenvalue weighted by Crippen LogP contribution is 2.24. The van der Waals surface area contributed by atoms with E-state index in [1.807, 2.05) is 49.6 Å². The number of amides is 1. The molecular formula is C24H31N5O5. The number of para-hydroxylation sites is 2. The Kier molecular flexibility index (Phi) is 6.76. The number of esters is 1. The van der Waals surface area contributed by atoms with Crippen molar-refractivity contribution in [2.45, 2.75) is 58.7 Å². The molecule has 3 aromatic rings. The number of anilines is 1. The van der Waals surface area contributed by atoms with Crippen LogP contribution in [0.15, 0.2) is 34.9 Å². The molecular weight excluding hydrogens is 438 g/mol. The number of ether oxygens (including phenoxy) is 2. The molecule has 3 heterocycles. The third-order valence-corrected chi connectivity index (χ3v) is 5.45. The predicted molar refractivity (Wildman–Crippen MR) is 126 cm³/mol. The first-order valence-corrected chi connectivity index (χ1v) is 11.5. The van der Waals surface area contributed by atoms with Crippen LogP contribution in [0.5, 0.6) is 0 Å². The Balaban J connectivity index is 1.47. The minimum Gasteiger partial charge on any atom is -0.459 e. The number of rotatable bonds is 6. The summed E-state index contributed by atoms with van der Waals surface area (Å²) in [6.45, 7) is 9.16. The van der Waals surface area contributed by atoms with Crippen LogP contribution in [0.2, 0.25) is 0 Å². The maximum Gasteiger partial charge on any atom is 0.410 e. The molecule has 34 heavy (non-hydrogen) atoms. The normalized spacial score (nSPS) is 14.9. The summed E-state index contributed by atoms with van der Waals surface area (Å²) >= 11 is 0. The topological polar surface area (TPSA) is 112 Å². The van der Waals surface area contributed by atoms with E-state index in [1.165, 1.54) is 6.20 Å². The monoisotopic (exact) mass is 469 g/mol. The lowest BCUT2D eigenvalue weighted by molar-refractivity contribution is 0.0210. The Morgan fingerprint density at radius 3 is 2.65 bits per heavy atom. The van der Waals surface area contributed by atoms with Gasteiger partial charge in [0.05, 0.1) is 30.4 Å². The number of benzene rings is 1. The van der Waals surface area contributed by atoms with Crippen LogP contribution in [0.3, 0.4) is 0 Å². The molecule has 10 nitrogen and oxygen atoms in total. The fourth-order valence-electron chi connectivity index (χ4n) is 3.88. The van der Waals surface area contributed by atoms with E-state index in [-0.39, 0.29) is 24.6 Å². The van der Waals surface area contributed by atoms with Gasteiger partial charge in [-0.25, -0.2) is 19.6 Å². The summed E-state index contributed by atoms with van der Waals surface area (Å²) in [5.74, 6) is 0.574. The van der Waals surface area contributed by atoms with Crippen molar-refractivity contribution in [1.29, 1.82) is 0 Å². The van der Waals surface area contributed by atoms with Gasteiger partial charge in [0.15, 0.2) is 0 Å². The minimum atomic E-state index is -0.584. The fraction of sp³-hybridized carbons (Fsp3) is 0.500. The largest absolute Gasteiger partial charge is 0.459 e. The van der Waals surface area contributed by atoms with Crippen LogP contribution < -0.4 is 5.32 Å². The summed E-state index contributed by atoms with van der Waals surface area (Å²) in [4.78, 5) is 34.8. The quantitative estimate of drug-likeness (QED) is 0.538. The molecule has 182 valence electrons. The number of nitrogens with one attached hydrogen (secondary N) is 1. The minimum absolute atomic E-state index is 0.0645. The van der Waals surface area contributed by atoms with Crippen molar-refractivity contribution in [1.82, 2.24) is 19.4 Å². The van der Waals surface area contributed by atoms with Crippen LogP contribution in [0.1, 0.15) is 57.0 Å². The van der Waals surface area contributed by atoms with Gasteiger partial charge in [0.1, 0.15) is 11.4 Å². The summed E-state index contributed by atoms with van der Waals surface area (Å²) in [6, 6.07) is 7.98. The molecule has 0 bridgehead atoms. The standard InChI is InChI=1S/C24H31N5O5/c1-5-32-21(30)20-25-14-17(33-20)15-29-19-9-7-6-8-18(19)27-22(29)26-16-10-12-28(13-11-16)23(31)34-24(2,3)4/h6-9,14,16H,5,10-13,15H2,1-4H3,(H,26,27). The van der Waals surface area contributed by atoms with Gasteiger partial charge in [-0.15, -0.1) is 0 Å². The molecule has 0 spiro atoms. The second-order valence-corrected chi connectivity index (χ2v) is 9.25. The second-order valence-electron chi connectivity index (χ2n) is 9.25. The summed E-state index contributed by atoms with van der Waals surface area (Å²) in [6.07, 6.45) is 2.81. The molecule has 1 amide bonds. The third kappa shape index (κ3) is 5.49. The lowest BCUT2D eigenvalue weighted by Gasteiger charge is -2.33. The summed E-state index contributed by atoms with van der Waals surface area (Å²) < 4.78 is 18.1. The number of carbonyl (C=O) groups excluding carboxylic acids is 2.